The second kappa shape index (κ2) is 6.15. The van der Waals surface area contributed by atoms with Crippen LogP contribution in [-0.4, -0.2) is 27.4 Å². The van der Waals surface area contributed by atoms with Gasteiger partial charge in [-0.05, 0) is 24.1 Å². The molecule has 0 spiro atoms. The van der Waals surface area contributed by atoms with Crippen LogP contribution in [0, 0.1) is 0 Å². The molecule has 5 nitrogen and oxygen atoms in total. The van der Waals surface area contributed by atoms with Gasteiger partial charge in [0.15, 0.2) is 0 Å². The van der Waals surface area contributed by atoms with Gasteiger partial charge in [0.05, 0.1) is 6.20 Å². The molecule has 1 heterocycles. The van der Waals surface area contributed by atoms with Crippen molar-refractivity contribution in [3.05, 3.63) is 36.7 Å². The first-order chi connectivity index (χ1) is 9.19. The van der Waals surface area contributed by atoms with Crippen molar-refractivity contribution < 1.29 is 9.90 Å². The van der Waals surface area contributed by atoms with E-state index >= 15 is 0 Å². The summed E-state index contributed by atoms with van der Waals surface area (Å²) in [5.41, 5.74) is 2.77. The fourth-order valence-electron chi connectivity index (χ4n) is 1.81. The zero-order chi connectivity index (χ0) is 13.7. The maximum absolute atomic E-state index is 11.6. The van der Waals surface area contributed by atoms with Crippen LogP contribution in [0.5, 0.6) is 0 Å². The Hall–Kier alpha value is -2.14. The Morgan fingerprint density at radius 1 is 1.42 bits per heavy atom. The molecule has 1 aromatic heterocycles. The number of anilines is 1. The van der Waals surface area contributed by atoms with E-state index in [9.17, 15) is 4.79 Å². The maximum Gasteiger partial charge on any atom is 0.224 e. The summed E-state index contributed by atoms with van der Waals surface area (Å²) in [6, 6.07) is 7.62. The molecule has 0 aliphatic carbocycles. The molecule has 19 heavy (non-hydrogen) atoms. The molecule has 1 amide bonds. The normalized spacial score (nSPS) is 10.4. The van der Waals surface area contributed by atoms with Crippen molar-refractivity contribution in [2.45, 2.75) is 12.8 Å². The van der Waals surface area contributed by atoms with Gasteiger partial charge in [-0.15, -0.1) is 0 Å². The van der Waals surface area contributed by atoms with Crippen LogP contribution in [0.3, 0.4) is 0 Å². The maximum atomic E-state index is 11.6. The minimum atomic E-state index is -0.0858. The number of aliphatic hydroxyl groups is 1. The molecule has 0 saturated heterocycles. The molecule has 0 fully saturated rings. The topological polar surface area (TPSA) is 67.2 Å². The Balaban J connectivity index is 2.09. The number of nitrogens with zero attached hydrogens (tertiary/aromatic N) is 2. The third-order valence-corrected chi connectivity index (χ3v) is 2.75. The summed E-state index contributed by atoms with van der Waals surface area (Å²) in [6.07, 6.45) is 4.52. The number of carbonyl (C=O) groups excluding carboxylic acids is 1. The molecule has 0 unspecified atom stereocenters. The lowest BCUT2D eigenvalue weighted by atomic mass is 10.1. The average Bonchev–Trinajstić information content (AvgIpc) is 2.83. The van der Waals surface area contributed by atoms with Gasteiger partial charge >= 0.3 is 0 Å². The van der Waals surface area contributed by atoms with Crippen molar-refractivity contribution >= 4 is 11.6 Å². The van der Waals surface area contributed by atoms with Crippen molar-refractivity contribution in [2.24, 2.45) is 7.05 Å². The molecule has 5 heteroatoms. The van der Waals surface area contributed by atoms with Crippen molar-refractivity contribution in [2.75, 3.05) is 11.9 Å². The van der Waals surface area contributed by atoms with Crippen molar-refractivity contribution in [3.8, 4) is 11.1 Å². The second-order valence-electron chi connectivity index (χ2n) is 4.36. The molecule has 0 aliphatic rings. The number of amides is 1. The molecule has 0 saturated carbocycles. The number of carbonyl (C=O) groups is 1. The van der Waals surface area contributed by atoms with Gasteiger partial charge in [0.2, 0.25) is 5.91 Å². The SMILES string of the molecule is Cn1cc(-c2cccc(NC(=O)CCCO)c2)cn1. The highest BCUT2D eigenvalue weighted by molar-refractivity contribution is 5.91. The number of aromatic nitrogens is 2. The van der Waals surface area contributed by atoms with E-state index in [-0.39, 0.29) is 12.5 Å². The van der Waals surface area contributed by atoms with Crippen LogP contribution < -0.4 is 5.32 Å². The van der Waals surface area contributed by atoms with E-state index in [1.807, 2.05) is 37.5 Å². The van der Waals surface area contributed by atoms with E-state index in [1.165, 1.54) is 0 Å². The number of hydrogen-bond acceptors (Lipinski definition) is 3. The Bertz CT molecular complexity index is 563. The van der Waals surface area contributed by atoms with E-state index in [4.69, 9.17) is 5.11 Å². The number of nitrogens with one attached hydrogen (secondary N) is 1. The summed E-state index contributed by atoms with van der Waals surface area (Å²) < 4.78 is 1.74. The lowest BCUT2D eigenvalue weighted by molar-refractivity contribution is -0.116. The van der Waals surface area contributed by atoms with Gasteiger partial charge in [0, 0.05) is 37.5 Å². The zero-order valence-corrected chi connectivity index (χ0v) is 10.8. The van der Waals surface area contributed by atoms with Crippen LogP contribution >= 0.6 is 0 Å². The summed E-state index contributed by atoms with van der Waals surface area (Å²) in [4.78, 5) is 11.6. The van der Waals surface area contributed by atoms with E-state index in [0.29, 0.717) is 12.8 Å². The monoisotopic (exact) mass is 259 g/mol. The summed E-state index contributed by atoms with van der Waals surface area (Å²) in [6.45, 7) is 0.0309. The van der Waals surface area contributed by atoms with Crippen molar-refractivity contribution in [1.82, 2.24) is 9.78 Å². The molecule has 2 rings (SSSR count). The zero-order valence-electron chi connectivity index (χ0n) is 10.8. The van der Waals surface area contributed by atoms with Gasteiger partial charge in [0.25, 0.3) is 0 Å². The Labute approximate surface area is 111 Å². The molecular formula is C14H17N3O2. The lowest BCUT2D eigenvalue weighted by Gasteiger charge is -2.06. The van der Waals surface area contributed by atoms with Crippen LogP contribution in [0.4, 0.5) is 5.69 Å². The Morgan fingerprint density at radius 3 is 2.95 bits per heavy atom. The van der Waals surface area contributed by atoms with Crippen LogP contribution in [0.1, 0.15) is 12.8 Å². The molecule has 0 aliphatic heterocycles. The summed E-state index contributed by atoms with van der Waals surface area (Å²) >= 11 is 0. The Kier molecular flexibility index (Phi) is 4.30. The molecule has 0 atom stereocenters. The minimum absolute atomic E-state index is 0.0309. The van der Waals surface area contributed by atoms with Gasteiger partial charge in [-0.2, -0.15) is 5.10 Å². The number of aliphatic hydroxyl groups excluding tert-OH is 1. The first-order valence-corrected chi connectivity index (χ1v) is 6.19. The third-order valence-electron chi connectivity index (χ3n) is 2.75. The molecule has 2 aromatic rings. The van der Waals surface area contributed by atoms with Gasteiger partial charge < -0.3 is 10.4 Å². The highest BCUT2D eigenvalue weighted by Gasteiger charge is 2.04. The largest absolute Gasteiger partial charge is 0.396 e. The third kappa shape index (κ3) is 3.66. The number of benzene rings is 1. The molecule has 0 radical (unpaired) electrons. The fraction of sp³-hybridized carbons (Fsp3) is 0.286. The Morgan fingerprint density at radius 2 is 2.26 bits per heavy atom. The first-order valence-electron chi connectivity index (χ1n) is 6.19. The van der Waals surface area contributed by atoms with Crippen molar-refractivity contribution in [1.29, 1.82) is 0 Å². The highest BCUT2D eigenvalue weighted by Crippen LogP contribution is 2.22. The number of rotatable bonds is 5. The molecular weight excluding hydrogens is 242 g/mol. The van der Waals surface area contributed by atoms with Crippen molar-refractivity contribution in [3.63, 3.8) is 0 Å². The van der Waals surface area contributed by atoms with E-state index in [1.54, 1.807) is 10.9 Å². The number of aryl methyl sites for hydroxylation is 1. The van der Waals surface area contributed by atoms with Gasteiger partial charge in [0.1, 0.15) is 0 Å². The fourth-order valence-corrected chi connectivity index (χ4v) is 1.81. The van der Waals surface area contributed by atoms with Gasteiger partial charge in [-0.3, -0.25) is 9.48 Å². The summed E-state index contributed by atoms with van der Waals surface area (Å²) in [7, 11) is 1.87. The van der Waals surface area contributed by atoms with E-state index in [0.717, 1.165) is 16.8 Å². The van der Waals surface area contributed by atoms with Gasteiger partial charge in [-0.1, -0.05) is 12.1 Å². The van der Waals surface area contributed by atoms with E-state index < -0.39 is 0 Å². The van der Waals surface area contributed by atoms with Crippen LogP contribution in [0.25, 0.3) is 11.1 Å². The first kappa shape index (κ1) is 13.3. The predicted molar refractivity (Wildman–Crippen MR) is 73.6 cm³/mol. The second-order valence-corrected chi connectivity index (χ2v) is 4.36. The van der Waals surface area contributed by atoms with Gasteiger partial charge in [-0.25, -0.2) is 0 Å². The summed E-state index contributed by atoms with van der Waals surface area (Å²) in [5.74, 6) is -0.0858. The van der Waals surface area contributed by atoms with E-state index in [2.05, 4.69) is 10.4 Å². The lowest BCUT2D eigenvalue weighted by Crippen LogP contribution is -2.11. The quantitative estimate of drug-likeness (QED) is 0.860. The number of hydrogen-bond donors (Lipinski definition) is 2. The van der Waals surface area contributed by atoms with Crippen LogP contribution in [-0.2, 0) is 11.8 Å². The molecule has 1 aromatic carbocycles. The molecule has 100 valence electrons. The summed E-state index contributed by atoms with van der Waals surface area (Å²) in [5, 5.41) is 15.6. The molecule has 0 bridgehead atoms. The smallest absolute Gasteiger partial charge is 0.224 e. The highest BCUT2D eigenvalue weighted by atomic mass is 16.3. The minimum Gasteiger partial charge on any atom is -0.396 e. The average molecular weight is 259 g/mol. The standard InChI is InChI=1S/C14H17N3O2/c1-17-10-12(9-15-17)11-4-2-5-13(8-11)16-14(19)6-3-7-18/h2,4-5,8-10,18H,3,6-7H2,1H3,(H,16,19). The molecule has 2 N–H and O–H groups in total. The predicted octanol–water partition coefficient (Wildman–Crippen LogP) is 1.80. The van der Waals surface area contributed by atoms with Crippen LogP contribution in [0.2, 0.25) is 0 Å². The van der Waals surface area contributed by atoms with Crippen LogP contribution in [0.15, 0.2) is 36.7 Å².